The van der Waals surface area contributed by atoms with Gasteiger partial charge in [-0.05, 0) is 25.6 Å². The zero-order chi connectivity index (χ0) is 13.8. The predicted octanol–water partition coefficient (Wildman–Crippen LogP) is 1.54. The number of hydrogen-bond donors (Lipinski definition) is 2. The molecular formula is C13H21N5. The molecule has 0 radical (unpaired) electrons. The molecule has 0 fully saturated rings. The number of hydrogen-bond acceptors (Lipinski definition) is 5. The van der Waals surface area contributed by atoms with Gasteiger partial charge in [0.15, 0.2) is 0 Å². The molecule has 5 nitrogen and oxygen atoms in total. The van der Waals surface area contributed by atoms with Gasteiger partial charge in [-0.2, -0.15) is 5.26 Å². The summed E-state index contributed by atoms with van der Waals surface area (Å²) in [6.45, 7) is 6.10. The molecule has 0 saturated heterocycles. The Labute approximate surface area is 109 Å². The number of nitrogens with two attached hydrogens (primary N) is 1. The zero-order valence-electron chi connectivity index (χ0n) is 11.5. The SMILES string of the molecule is CN(C)CC(C)(C)CNc1ncc(C#N)cc1N. The Morgan fingerprint density at radius 1 is 1.50 bits per heavy atom. The number of nitrogen functional groups attached to an aromatic ring is 1. The Morgan fingerprint density at radius 3 is 2.67 bits per heavy atom. The summed E-state index contributed by atoms with van der Waals surface area (Å²) in [4.78, 5) is 6.31. The van der Waals surface area contributed by atoms with E-state index in [0.29, 0.717) is 17.1 Å². The number of anilines is 2. The fourth-order valence-corrected chi connectivity index (χ4v) is 1.93. The van der Waals surface area contributed by atoms with E-state index >= 15 is 0 Å². The van der Waals surface area contributed by atoms with Crippen molar-refractivity contribution in [2.24, 2.45) is 5.41 Å². The van der Waals surface area contributed by atoms with Crippen molar-refractivity contribution >= 4 is 11.5 Å². The van der Waals surface area contributed by atoms with E-state index in [4.69, 9.17) is 11.0 Å². The molecule has 5 heteroatoms. The predicted molar refractivity (Wildman–Crippen MR) is 74.2 cm³/mol. The Kier molecular flexibility index (Phi) is 4.51. The first-order valence-corrected chi connectivity index (χ1v) is 5.88. The van der Waals surface area contributed by atoms with Crippen LogP contribution in [0.2, 0.25) is 0 Å². The Hall–Kier alpha value is -1.80. The molecule has 0 atom stereocenters. The highest BCUT2D eigenvalue weighted by molar-refractivity contribution is 5.63. The summed E-state index contributed by atoms with van der Waals surface area (Å²) in [5.41, 5.74) is 6.94. The minimum Gasteiger partial charge on any atom is -0.396 e. The van der Waals surface area contributed by atoms with Crippen molar-refractivity contribution in [2.75, 3.05) is 38.2 Å². The lowest BCUT2D eigenvalue weighted by Gasteiger charge is -2.28. The molecule has 0 aliphatic heterocycles. The Balaban J connectivity index is 2.67. The van der Waals surface area contributed by atoms with E-state index < -0.39 is 0 Å². The van der Waals surface area contributed by atoms with E-state index in [1.54, 1.807) is 6.07 Å². The molecule has 0 aliphatic carbocycles. The lowest BCUT2D eigenvalue weighted by atomic mass is 9.93. The fourth-order valence-electron chi connectivity index (χ4n) is 1.93. The van der Waals surface area contributed by atoms with Crippen LogP contribution in [0.5, 0.6) is 0 Å². The van der Waals surface area contributed by atoms with Crippen molar-refractivity contribution < 1.29 is 0 Å². The van der Waals surface area contributed by atoms with Gasteiger partial charge in [-0.3, -0.25) is 0 Å². The maximum atomic E-state index is 8.74. The van der Waals surface area contributed by atoms with Crippen LogP contribution in [0.15, 0.2) is 12.3 Å². The molecule has 0 unspecified atom stereocenters. The molecule has 0 saturated carbocycles. The van der Waals surface area contributed by atoms with Crippen LogP contribution >= 0.6 is 0 Å². The first-order chi connectivity index (χ1) is 8.34. The highest BCUT2D eigenvalue weighted by atomic mass is 15.1. The van der Waals surface area contributed by atoms with Crippen molar-refractivity contribution in [3.63, 3.8) is 0 Å². The number of pyridine rings is 1. The highest BCUT2D eigenvalue weighted by Crippen LogP contribution is 2.20. The van der Waals surface area contributed by atoms with Crippen LogP contribution in [0.4, 0.5) is 11.5 Å². The summed E-state index contributed by atoms with van der Waals surface area (Å²) in [5.74, 6) is 0.640. The van der Waals surface area contributed by atoms with Crippen LogP contribution in [0.3, 0.4) is 0 Å². The molecule has 0 aromatic carbocycles. The molecule has 0 amide bonds. The smallest absolute Gasteiger partial charge is 0.149 e. The standard InChI is InChI=1S/C13H21N5/c1-13(2,9-18(3)4)8-17-12-11(15)5-10(6-14)7-16-12/h5,7H,8-9,15H2,1-4H3,(H,16,17). The van der Waals surface area contributed by atoms with Gasteiger partial charge in [-0.15, -0.1) is 0 Å². The molecule has 1 heterocycles. The molecular weight excluding hydrogens is 226 g/mol. The summed E-state index contributed by atoms with van der Waals surface area (Å²) in [6, 6.07) is 3.65. The number of nitrogens with one attached hydrogen (secondary N) is 1. The van der Waals surface area contributed by atoms with Crippen LogP contribution in [0.25, 0.3) is 0 Å². The van der Waals surface area contributed by atoms with Gasteiger partial charge < -0.3 is 16.0 Å². The first-order valence-electron chi connectivity index (χ1n) is 5.88. The van der Waals surface area contributed by atoms with E-state index in [1.807, 2.05) is 6.07 Å². The van der Waals surface area contributed by atoms with Crippen molar-refractivity contribution in [1.82, 2.24) is 9.88 Å². The summed E-state index contributed by atoms with van der Waals surface area (Å²) < 4.78 is 0. The van der Waals surface area contributed by atoms with Gasteiger partial charge in [-0.1, -0.05) is 13.8 Å². The van der Waals surface area contributed by atoms with E-state index in [9.17, 15) is 0 Å². The van der Waals surface area contributed by atoms with Crippen LogP contribution < -0.4 is 11.1 Å². The van der Waals surface area contributed by atoms with Crippen LogP contribution in [-0.4, -0.2) is 37.1 Å². The zero-order valence-corrected chi connectivity index (χ0v) is 11.5. The monoisotopic (exact) mass is 247 g/mol. The Bertz CT molecular complexity index is 445. The third-order valence-corrected chi connectivity index (χ3v) is 2.52. The molecule has 1 aromatic rings. The van der Waals surface area contributed by atoms with Gasteiger partial charge in [0.2, 0.25) is 0 Å². The second-order valence-electron chi connectivity index (χ2n) is 5.53. The molecule has 18 heavy (non-hydrogen) atoms. The normalized spacial score (nSPS) is 11.3. The summed E-state index contributed by atoms with van der Waals surface area (Å²) in [7, 11) is 4.10. The molecule has 0 bridgehead atoms. The number of nitriles is 1. The Morgan fingerprint density at radius 2 is 2.17 bits per heavy atom. The highest BCUT2D eigenvalue weighted by Gasteiger charge is 2.19. The number of aromatic nitrogens is 1. The van der Waals surface area contributed by atoms with Crippen molar-refractivity contribution in [1.29, 1.82) is 5.26 Å². The summed E-state index contributed by atoms with van der Waals surface area (Å²) >= 11 is 0. The topological polar surface area (TPSA) is 78.0 Å². The van der Waals surface area contributed by atoms with Gasteiger partial charge in [0.1, 0.15) is 11.9 Å². The van der Waals surface area contributed by atoms with Gasteiger partial charge >= 0.3 is 0 Å². The molecule has 3 N–H and O–H groups in total. The maximum absolute atomic E-state index is 8.74. The first kappa shape index (κ1) is 14.3. The largest absolute Gasteiger partial charge is 0.396 e. The second-order valence-corrected chi connectivity index (χ2v) is 5.53. The van der Waals surface area contributed by atoms with Crippen LogP contribution in [-0.2, 0) is 0 Å². The minimum atomic E-state index is 0.117. The molecule has 0 aliphatic rings. The van der Waals surface area contributed by atoms with E-state index in [2.05, 4.69) is 43.1 Å². The van der Waals surface area contributed by atoms with E-state index in [0.717, 1.165) is 13.1 Å². The minimum absolute atomic E-state index is 0.117. The third kappa shape index (κ3) is 4.22. The lowest BCUT2D eigenvalue weighted by Crippen LogP contribution is -2.34. The maximum Gasteiger partial charge on any atom is 0.149 e. The van der Waals surface area contributed by atoms with Gasteiger partial charge in [0.25, 0.3) is 0 Å². The molecule has 1 aromatic heterocycles. The lowest BCUT2D eigenvalue weighted by molar-refractivity contribution is 0.254. The second kappa shape index (κ2) is 5.69. The molecule has 0 spiro atoms. The average Bonchev–Trinajstić information content (AvgIpc) is 2.25. The molecule has 1 rings (SSSR count). The average molecular weight is 247 g/mol. The van der Waals surface area contributed by atoms with E-state index in [-0.39, 0.29) is 5.41 Å². The summed E-state index contributed by atoms with van der Waals surface area (Å²) in [6.07, 6.45) is 1.53. The van der Waals surface area contributed by atoms with Gasteiger partial charge in [-0.25, -0.2) is 4.98 Å². The number of nitrogens with zero attached hydrogens (tertiary/aromatic N) is 3. The van der Waals surface area contributed by atoms with Crippen LogP contribution in [0, 0.1) is 16.7 Å². The third-order valence-electron chi connectivity index (χ3n) is 2.52. The fraction of sp³-hybridized carbons (Fsp3) is 0.538. The summed E-state index contributed by atoms with van der Waals surface area (Å²) in [5, 5.41) is 12.0. The number of rotatable bonds is 5. The van der Waals surface area contributed by atoms with Crippen molar-refractivity contribution in [3.8, 4) is 6.07 Å². The van der Waals surface area contributed by atoms with Crippen molar-refractivity contribution in [3.05, 3.63) is 17.8 Å². The van der Waals surface area contributed by atoms with Gasteiger partial charge in [0.05, 0.1) is 11.3 Å². The molecule has 98 valence electrons. The van der Waals surface area contributed by atoms with Crippen LogP contribution in [0.1, 0.15) is 19.4 Å². The van der Waals surface area contributed by atoms with Crippen molar-refractivity contribution in [2.45, 2.75) is 13.8 Å². The van der Waals surface area contributed by atoms with E-state index in [1.165, 1.54) is 6.20 Å². The quantitative estimate of drug-likeness (QED) is 0.825. The van der Waals surface area contributed by atoms with Gasteiger partial charge in [0, 0.05) is 19.3 Å².